The zero-order chi connectivity index (χ0) is 9.68. The van der Waals surface area contributed by atoms with Crippen molar-refractivity contribution < 1.29 is 9.53 Å². The van der Waals surface area contributed by atoms with Crippen molar-refractivity contribution in [3.63, 3.8) is 0 Å². The van der Waals surface area contributed by atoms with Gasteiger partial charge in [0.15, 0.2) is 6.10 Å². The van der Waals surface area contributed by atoms with Gasteiger partial charge in [-0.15, -0.1) is 0 Å². The number of amides is 1. The molecule has 4 nitrogen and oxygen atoms in total. The highest BCUT2D eigenvalue weighted by Gasteiger charge is 2.26. The molecule has 2 N–H and O–H groups in total. The van der Waals surface area contributed by atoms with Crippen LogP contribution in [0.25, 0.3) is 0 Å². The minimum absolute atomic E-state index is 0.0190. The van der Waals surface area contributed by atoms with E-state index in [1.165, 1.54) is 12.8 Å². The number of hydrogen-bond donors (Lipinski definition) is 1. The first-order chi connectivity index (χ1) is 6.24. The molecule has 0 saturated carbocycles. The molecule has 0 radical (unpaired) electrons. The third-order valence-electron chi connectivity index (χ3n) is 2.08. The van der Waals surface area contributed by atoms with Crippen LogP contribution in [-0.4, -0.2) is 18.0 Å². The van der Waals surface area contributed by atoms with Crippen molar-refractivity contribution in [1.82, 2.24) is 0 Å². The van der Waals surface area contributed by atoms with Crippen molar-refractivity contribution in [2.75, 3.05) is 0 Å². The standard InChI is InChI=1S/C9H16N2O2/c1-2-3-4-5-6-7-8(12)11-9(10)13-7/h7H,2-6H2,1H3,(H2,10,11,12). The van der Waals surface area contributed by atoms with Crippen LogP contribution in [0.15, 0.2) is 4.99 Å². The van der Waals surface area contributed by atoms with Crippen LogP contribution in [-0.2, 0) is 9.53 Å². The van der Waals surface area contributed by atoms with E-state index in [0.29, 0.717) is 0 Å². The maximum Gasteiger partial charge on any atom is 0.291 e. The molecular formula is C9H16N2O2. The first-order valence-electron chi connectivity index (χ1n) is 4.78. The number of nitrogens with zero attached hydrogens (tertiary/aromatic N) is 1. The van der Waals surface area contributed by atoms with E-state index >= 15 is 0 Å². The van der Waals surface area contributed by atoms with Crippen LogP contribution in [0.1, 0.15) is 39.0 Å². The molecule has 1 atom stereocenters. The Kier molecular flexibility index (Phi) is 3.73. The number of amidine groups is 1. The lowest BCUT2D eigenvalue weighted by molar-refractivity contribution is -0.122. The van der Waals surface area contributed by atoms with E-state index < -0.39 is 6.10 Å². The van der Waals surface area contributed by atoms with Gasteiger partial charge >= 0.3 is 0 Å². The van der Waals surface area contributed by atoms with E-state index in [1.807, 2.05) is 0 Å². The first kappa shape index (κ1) is 10.0. The van der Waals surface area contributed by atoms with Gasteiger partial charge in [-0.2, -0.15) is 4.99 Å². The van der Waals surface area contributed by atoms with E-state index in [2.05, 4.69) is 11.9 Å². The summed E-state index contributed by atoms with van der Waals surface area (Å²) in [4.78, 5) is 14.6. The Bertz CT molecular complexity index is 214. The highest BCUT2D eigenvalue weighted by atomic mass is 16.5. The second-order valence-corrected chi connectivity index (χ2v) is 3.24. The summed E-state index contributed by atoms with van der Waals surface area (Å²) in [7, 11) is 0. The lowest BCUT2D eigenvalue weighted by atomic mass is 10.1. The van der Waals surface area contributed by atoms with Crippen LogP contribution < -0.4 is 5.73 Å². The molecule has 0 saturated heterocycles. The van der Waals surface area contributed by atoms with Gasteiger partial charge in [0.05, 0.1) is 0 Å². The predicted octanol–water partition coefficient (Wildman–Crippen LogP) is 1.20. The van der Waals surface area contributed by atoms with Crippen LogP contribution in [0.4, 0.5) is 0 Å². The average molecular weight is 184 g/mol. The monoisotopic (exact) mass is 184 g/mol. The summed E-state index contributed by atoms with van der Waals surface area (Å²) in [6, 6.07) is 0.0190. The maximum absolute atomic E-state index is 11.1. The SMILES string of the molecule is CCCCCCC1OC(N)=NC1=O. The molecule has 0 spiro atoms. The fraction of sp³-hybridized carbons (Fsp3) is 0.778. The Morgan fingerprint density at radius 3 is 2.77 bits per heavy atom. The van der Waals surface area contributed by atoms with Gasteiger partial charge in [-0.05, 0) is 12.8 Å². The smallest absolute Gasteiger partial charge is 0.291 e. The van der Waals surface area contributed by atoms with Gasteiger partial charge in [-0.3, -0.25) is 4.79 Å². The summed E-state index contributed by atoms with van der Waals surface area (Å²) in [5.41, 5.74) is 5.25. The van der Waals surface area contributed by atoms with Gasteiger partial charge in [0.2, 0.25) is 0 Å². The fourth-order valence-electron chi connectivity index (χ4n) is 1.34. The fourth-order valence-corrected chi connectivity index (χ4v) is 1.34. The second kappa shape index (κ2) is 4.84. The molecule has 0 aromatic heterocycles. The maximum atomic E-state index is 11.1. The second-order valence-electron chi connectivity index (χ2n) is 3.24. The molecule has 1 aliphatic rings. The van der Waals surface area contributed by atoms with Gasteiger partial charge in [0.1, 0.15) is 0 Å². The number of aliphatic imine (C=N–C) groups is 1. The van der Waals surface area contributed by atoms with Crippen LogP contribution in [0, 0.1) is 0 Å². The van der Waals surface area contributed by atoms with E-state index in [1.54, 1.807) is 0 Å². The van der Waals surface area contributed by atoms with Crippen LogP contribution >= 0.6 is 0 Å². The van der Waals surface area contributed by atoms with Crippen LogP contribution in [0.3, 0.4) is 0 Å². The summed E-state index contributed by atoms with van der Waals surface area (Å²) in [6.45, 7) is 2.15. The van der Waals surface area contributed by atoms with E-state index in [-0.39, 0.29) is 11.9 Å². The Morgan fingerprint density at radius 1 is 1.46 bits per heavy atom. The van der Waals surface area contributed by atoms with Gasteiger partial charge < -0.3 is 10.5 Å². The predicted molar refractivity (Wildman–Crippen MR) is 50.3 cm³/mol. The lowest BCUT2D eigenvalue weighted by Gasteiger charge is -2.06. The van der Waals surface area contributed by atoms with E-state index in [4.69, 9.17) is 10.5 Å². The molecule has 0 aromatic rings. The van der Waals surface area contributed by atoms with Crippen molar-refractivity contribution in [1.29, 1.82) is 0 Å². The molecule has 1 amide bonds. The Labute approximate surface area is 78.2 Å². The zero-order valence-corrected chi connectivity index (χ0v) is 7.95. The molecule has 1 heterocycles. The topological polar surface area (TPSA) is 64.7 Å². The number of carbonyl (C=O) groups is 1. The van der Waals surface area contributed by atoms with E-state index in [0.717, 1.165) is 19.3 Å². The van der Waals surface area contributed by atoms with Crippen molar-refractivity contribution in [2.45, 2.75) is 45.1 Å². The average Bonchev–Trinajstić information content (AvgIpc) is 2.39. The van der Waals surface area contributed by atoms with Gasteiger partial charge in [0, 0.05) is 0 Å². The van der Waals surface area contributed by atoms with Crippen molar-refractivity contribution in [3.05, 3.63) is 0 Å². The van der Waals surface area contributed by atoms with Gasteiger partial charge in [-0.1, -0.05) is 26.2 Å². The summed E-state index contributed by atoms with van der Waals surface area (Å²) in [6.07, 6.45) is 4.88. The third kappa shape index (κ3) is 3.05. The van der Waals surface area contributed by atoms with Crippen LogP contribution in [0.2, 0.25) is 0 Å². The number of unbranched alkanes of at least 4 members (excludes halogenated alkanes) is 3. The van der Waals surface area contributed by atoms with E-state index in [9.17, 15) is 4.79 Å². The number of nitrogens with two attached hydrogens (primary N) is 1. The molecule has 0 bridgehead atoms. The van der Waals surface area contributed by atoms with Crippen LogP contribution in [0.5, 0.6) is 0 Å². The summed E-state index contributed by atoms with van der Waals surface area (Å²) in [5.74, 6) is -0.228. The minimum atomic E-state index is -0.406. The van der Waals surface area contributed by atoms with Gasteiger partial charge in [0.25, 0.3) is 11.9 Å². The molecular weight excluding hydrogens is 168 g/mol. The summed E-state index contributed by atoms with van der Waals surface area (Å²) >= 11 is 0. The molecule has 4 heteroatoms. The number of hydrogen-bond acceptors (Lipinski definition) is 3. The molecule has 0 aliphatic carbocycles. The number of rotatable bonds is 5. The molecule has 1 aliphatic heterocycles. The minimum Gasteiger partial charge on any atom is -0.452 e. The Hall–Kier alpha value is -1.06. The zero-order valence-electron chi connectivity index (χ0n) is 7.95. The first-order valence-corrected chi connectivity index (χ1v) is 4.78. The number of carbonyl (C=O) groups excluding carboxylic acids is 1. The quantitative estimate of drug-likeness (QED) is 0.653. The van der Waals surface area contributed by atoms with Gasteiger partial charge in [-0.25, -0.2) is 0 Å². The Balaban J connectivity index is 2.14. The largest absolute Gasteiger partial charge is 0.452 e. The highest BCUT2D eigenvalue weighted by Crippen LogP contribution is 2.13. The normalized spacial score (nSPS) is 21.5. The molecule has 74 valence electrons. The number of ether oxygens (including phenoxy) is 1. The van der Waals surface area contributed by atoms with Crippen molar-refractivity contribution >= 4 is 11.9 Å². The lowest BCUT2D eigenvalue weighted by Crippen LogP contribution is -2.20. The van der Waals surface area contributed by atoms with Crippen molar-refractivity contribution in [2.24, 2.45) is 10.7 Å². The summed E-state index contributed by atoms with van der Waals surface area (Å²) < 4.78 is 5.03. The van der Waals surface area contributed by atoms with Crippen molar-refractivity contribution in [3.8, 4) is 0 Å². The highest BCUT2D eigenvalue weighted by molar-refractivity contribution is 5.97. The molecule has 0 aromatic carbocycles. The molecule has 13 heavy (non-hydrogen) atoms. The molecule has 1 unspecified atom stereocenters. The Morgan fingerprint density at radius 2 is 2.23 bits per heavy atom. The third-order valence-corrected chi connectivity index (χ3v) is 2.08. The summed E-state index contributed by atoms with van der Waals surface area (Å²) in [5, 5.41) is 0. The molecule has 1 rings (SSSR count). The molecule has 0 fully saturated rings.